The Balaban J connectivity index is 1.86. The van der Waals surface area contributed by atoms with E-state index in [2.05, 4.69) is 19.5 Å². The van der Waals surface area contributed by atoms with Crippen LogP contribution in [0.4, 0.5) is 10.2 Å². The predicted octanol–water partition coefficient (Wildman–Crippen LogP) is -0.937. The van der Waals surface area contributed by atoms with Crippen molar-refractivity contribution in [2.75, 3.05) is 12.1 Å². The normalized spacial score (nSPS) is 28.5. The number of anilines is 1. The molecule has 3 heterocycles. The van der Waals surface area contributed by atoms with Crippen LogP contribution in [0.2, 0.25) is 0 Å². The molecule has 5 atom stereocenters. The number of halogens is 1. The second-order valence-electron chi connectivity index (χ2n) is 4.93. The van der Waals surface area contributed by atoms with Crippen LogP contribution in [0, 0.1) is 0 Å². The van der Waals surface area contributed by atoms with Gasteiger partial charge >= 0.3 is 0 Å². The topological polar surface area (TPSA) is 165 Å². The van der Waals surface area contributed by atoms with Crippen molar-refractivity contribution in [3.05, 3.63) is 22.7 Å². The molecular formula is C11H14FN4O7P. The van der Waals surface area contributed by atoms with E-state index in [1.165, 1.54) is 17.0 Å². The number of fused-ring (bicyclic) bond motifs is 1. The van der Waals surface area contributed by atoms with Crippen molar-refractivity contribution >= 4 is 25.2 Å². The summed E-state index contributed by atoms with van der Waals surface area (Å²) < 4.78 is 24.9. The van der Waals surface area contributed by atoms with Gasteiger partial charge in [0, 0.05) is 6.07 Å². The molecule has 1 aliphatic rings. The molecule has 0 saturated carbocycles. The Labute approximate surface area is 134 Å². The molecule has 0 spiro atoms. The summed E-state index contributed by atoms with van der Waals surface area (Å²) in [4.78, 5) is 31.7. The second kappa shape index (κ2) is 6.69. The zero-order chi connectivity index (χ0) is 17.4. The highest BCUT2D eigenvalue weighted by atomic mass is 31.2. The van der Waals surface area contributed by atoms with Crippen LogP contribution in [0.25, 0.3) is 11.0 Å². The minimum Gasteiger partial charge on any atom is -0.387 e. The highest BCUT2D eigenvalue weighted by Crippen LogP contribution is 2.37. The molecule has 1 saturated heterocycles. The van der Waals surface area contributed by atoms with E-state index in [9.17, 15) is 14.3 Å². The van der Waals surface area contributed by atoms with Crippen molar-refractivity contribution in [1.82, 2.24) is 14.5 Å². The number of aliphatic hydroxyl groups excluding tert-OH is 2. The number of hydrogen-bond acceptors (Lipinski definition) is 9. The third kappa shape index (κ3) is 3.00. The van der Waals surface area contributed by atoms with Crippen molar-refractivity contribution in [3.63, 3.8) is 0 Å². The Kier molecular flexibility index (Phi) is 4.78. The van der Waals surface area contributed by atoms with E-state index >= 15 is 0 Å². The van der Waals surface area contributed by atoms with Gasteiger partial charge < -0.3 is 35.1 Å². The Morgan fingerprint density at radius 2 is 2.33 bits per heavy atom. The van der Waals surface area contributed by atoms with Gasteiger partial charge in [-0.1, -0.05) is 0 Å². The molecule has 3 rings (SSSR count). The summed E-state index contributed by atoms with van der Waals surface area (Å²) >= 11 is 0. The van der Waals surface area contributed by atoms with E-state index in [0.29, 0.717) is 0 Å². The number of nitrogens with zero attached hydrogens (tertiary/aromatic N) is 2. The maximum atomic E-state index is 14.1. The standard InChI is InChI=1S/C11H14FN4O7P/c12-6-8(18)10(21-11(6)22-23-24(20)3-17)16-2-14-7-4(16)1-5(13)15-9(7)19/h1-2,6,8,10-11,17-18,20H,3H2,(H3,13,15,19)/t6?,8-,10+,11+,24?/m0/s1. The van der Waals surface area contributed by atoms with E-state index in [4.69, 9.17) is 20.5 Å². The molecule has 0 aliphatic carbocycles. The van der Waals surface area contributed by atoms with Gasteiger partial charge in [0.05, 0.1) is 11.8 Å². The van der Waals surface area contributed by atoms with Gasteiger partial charge in [-0.25, -0.2) is 9.37 Å². The van der Waals surface area contributed by atoms with Crippen molar-refractivity contribution in [3.8, 4) is 0 Å². The highest BCUT2D eigenvalue weighted by molar-refractivity contribution is 7.45. The average molecular weight is 364 g/mol. The van der Waals surface area contributed by atoms with Gasteiger partial charge in [0.15, 0.2) is 17.9 Å². The fourth-order valence-corrected chi connectivity index (χ4v) is 2.53. The summed E-state index contributed by atoms with van der Waals surface area (Å²) in [5.41, 5.74) is 5.29. The number of alkyl halides is 1. The van der Waals surface area contributed by atoms with Gasteiger partial charge in [0.2, 0.25) is 14.7 Å². The van der Waals surface area contributed by atoms with E-state index in [1.807, 2.05) is 0 Å². The van der Waals surface area contributed by atoms with Crippen LogP contribution in [-0.2, 0) is 14.3 Å². The largest absolute Gasteiger partial charge is 0.387 e. The first-order valence-corrected chi connectivity index (χ1v) is 8.05. The molecule has 24 heavy (non-hydrogen) atoms. The highest BCUT2D eigenvalue weighted by Gasteiger charge is 2.47. The number of rotatable bonds is 5. The molecule has 11 nitrogen and oxygen atoms in total. The maximum Gasteiger partial charge on any atom is 0.277 e. The number of hydrogen-bond donors (Lipinski definition) is 5. The summed E-state index contributed by atoms with van der Waals surface area (Å²) in [7, 11) is -2.30. The van der Waals surface area contributed by atoms with Gasteiger partial charge in [-0.3, -0.25) is 4.79 Å². The summed E-state index contributed by atoms with van der Waals surface area (Å²) in [5, 5.41) is 18.6. The number of ether oxygens (including phenoxy) is 1. The molecule has 6 N–H and O–H groups in total. The minimum atomic E-state index is -2.30. The van der Waals surface area contributed by atoms with E-state index in [-0.39, 0.29) is 16.9 Å². The van der Waals surface area contributed by atoms with Gasteiger partial charge in [-0.2, -0.15) is 9.56 Å². The summed E-state index contributed by atoms with van der Waals surface area (Å²) in [6, 6.07) is 1.39. The van der Waals surface area contributed by atoms with Crippen molar-refractivity contribution in [2.24, 2.45) is 0 Å². The Morgan fingerprint density at radius 3 is 3.04 bits per heavy atom. The molecule has 0 amide bonds. The minimum absolute atomic E-state index is 0.0372. The number of nitrogens with two attached hydrogens (primary N) is 1. The SMILES string of the molecule is Nc1cc2c(ncn2[C@@H]2O[C@H](OOP(O)CO)C(F)[C@@H]2O)c(=O)[nH]1. The zero-order valence-corrected chi connectivity index (χ0v) is 12.8. The van der Waals surface area contributed by atoms with E-state index in [1.54, 1.807) is 0 Å². The molecule has 132 valence electrons. The third-order valence-corrected chi connectivity index (χ3v) is 3.87. The molecule has 1 fully saturated rings. The lowest BCUT2D eigenvalue weighted by atomic mass is 10.2. The first-order valence-electron chi connectivity index (χ1n) is 6.66. The molecule has 0 radical (unpaired) electrons. The van der Waals surface area contributed by atoms with Crippen molar-refractivity contribution in [2.45, 2.75) is 24.8 Å². The number of H-pyrrole nitrogens is 1. The first-order chi connectivity index (χ1) is 11.4. The Hall–Kier alpha value is -1.66. The average Bonchev–Trinajstić information content (AvgIpc) is 3.08. The number of nitrogens with one attached hydrogen (secondary N) is 1. The van der Waals surface area contributed by atoms with Crippen LogP contribution in [0.5, 0.6) is 0 Å². The molecule has 2 aromatic heterocycles. The van der Waals surface area contributed by atoms with E-state index < -0.39 is 45.1 Å². The third-order valence-electron chi connectivity index (χ3n) is 3.37. The maximum absolute atomic E-state index is 14.1. The molecule has 2 aromatic rings. The van der Waals surface area contributed by atoms with Crippen molar-refractivity contribution in [1.29, 1.82) is 0 Å². The molecular weight excluding hydrogens is 350 g/mol. The summed E-state index contributed by atoms with van der Waals surface area (Å²) in [5.74, 6) is 0.0588. The van der Waals surface area contributed by atoms with Crippen LogP contribution >= 0.6 is 8.38 Å². The smallest absolute Gasteiger partial charge is 0.277 e. The number of aromatic nitrogens is 3. The van der Waals surface area contributed by atoms with Crippen LogP contribution < -0.4 is 11.3 Å². The van der Waals surface area contributed by atoms with Crippen LogP contribution in [0.1, 0.15) is 6.23 Å². The van der Waals surface area contributed by atoms with Crippen LogP contribution in [0.3, 0.4) is 0 Å². The first kappa shape index (κ1) is 17.2. The number of imidazole rings is 1. The van der Waals surface area contributed by atoms with Crippen LogP contribution in [0.15, 0.2) is 17.2 Å². The number of aliphatic hydroxyl groups is 2. The lowest BCUT2D eigenvalue weighted by molar-refractivity contribution is -0.327. The lowest BCUT2D eigenvalue weighted by Gasteiger charge is -2.16. The quantitative estimate of drug-likeness (QED) is 0.256. The van der Waals surface area contributed by atoms with Crippen LogP contribution in [-0.4, -0.2) is 54.6 Å². The fraction of sp³-hybridized carbons (Fsp3) is 0.455. The Bertz CT molecular complexity index is 785. The van der Waals surface area contributed by atoms with Gasteiger partial charge in [0.25, 0.3) is 5.56 Å². The zero-order valence-electron chi connectivity index (χ0n) is 11.9. The molecule has 1 aliphatic heterocycles. The summed E-state index contributed by atoms with van der Waals surface area (Å²) in [6.07, 6.45) is -6.09. The number of nitrogen functional groups attached to an aromatic ring is 1. The molecule has 2 unspecified atom stereocenters. The number of pyridine rings is 1. The van der Waals surface area contributed by atoms with Gasteiger partial charge in [-0.05, 0) is 0 Å². The predicted molar refractivity (Wildman–Crippen MR) is 78.0 cm³/mol. The van der Waals surface area contributed by atoms with Crippen molar-refractivity contribution < 1.29 is 33.8 Å². The van der Waals surface area contributed by atoms with E-state index in [0.717, 1.165) is 0 Å². The van der Waals surface area contributed by atoms with Gasteiger partial charge in [-0.15, -0.1) is 0 Å². The lowest BCUT2D eigenvalue weighted by Crippen LogP contribution is -2.29. The molecule has 13 heteroatoms. The fourth-order valence-electron chi connectivity index (χ4n) is 2.30. The Morgan fingerprint density at radius 1 is 1.58 bits per heavy atom. The molecule has 0 aromatic carbocycles. The summed E-state index contributed by atoms with van der Waals surface area (Å²) in [6.45, 7) is 0. The number of aromatic amines is 1. The molecule has 0 bridgehead atoms. The monoisotopic (exact) mass is 364 g/mol. The second-order valence-corrected chi connectivity index (χ2v) is 6.07. The van der Waals surface area contributed by atoms with Gasteiger partial charge in [0.1, 0.15) is 18.3 Å².